The zero-order chi connectivity index (χ0) is 46.6. The number of ether oxygens (including phenoxy) is 1. The van der Waals surface area contributed by atoms with Gasteiger partial charge in [0.15, 0.2) is 22.3 Å². The Bertz CT molecular complexity index is 3660. The van der Waals surface area contributed by atoms with Crippen molar-refractivity contribution in [2.24, 2.45) is 0 Å². The average Bonchev–Trinajstić information content (AvgIpc) is 3.95. The smallest absolute Gasteiger partial charge is 0.337 e. The third-order valence-electron chi connectivity index (χ3n) is 11.1. The van der Waals surface area contributed by atoms with Crippen LogP contribution in [0.5, 0.6) is 5.75 Å². The maximum absolute atomic E-state index is 14.0. The summed E-state index contributed by atoms with van der Waals surface area (Å²) in [6, 6.07) is 44.6. The van der Waals surface area contributed by atoms with E-state index in [1.165, 1.54) is 56.7 Å². The fourth-order valence-corrected chi connectivity index (χ4v) is 8.07. The Balaban J connectivity index is 0.000000168. The van der Waals surface area contributed by atoms with Gasteiger partial charge in [-0.1, -0.05) is 109 Å². The fraction of sp³-hybridized carbons (Fsp3) is 0.0980. The molecule has 0 amide bonds. The highest BCUT2D eigenvalue weighted by atomic mass is 35.5. The van der Waals surface area contributed by atoms with Crippen molar-refractivity contribution in [3.63, 3.8) is 0 Å². The lowest BCUT2D eigenvalue weighted by Crippen LogP contribution is -2.40. The van der Waals surface area contributed by atoms with E-state index in [9.17, 15) is 28.0 Å². The maximum atomic E-state index is 14.0. The van der Waals surface area contributed by atoms with E-state index in [2.05, 4.69) is 9.97 Å². The minimum absolute atomic E-state index is 0.0755. The number of fused-ring (bicyclic) bond motifs is 2. The first-order valence-corrected chi connectivity index (χ1v) is 21.3. The molecule has 0 unspecified atom stereocenters. The van der Waals surface area contributed by atoms with Gasteiger partial charge in [0.05, 0.1) is 44.2 Å². The monoisotopic (exact) mass is 916 g/mol. The molecule has 0 atom stereocenters. The number of imidazole rings is 2. The summed E-state index contributed by atoms with van der Waals surface area (Å²) in [5.41, 5.74) is 3.06. The molecule has 10 aromatic rings. The molecule has 0 spiro atoms. The molecular formula is C51H39ClF2N8O5. The molecule has 10 rings (SSSR count). The third-order valence-corrected chi connectivity index (χ3v) is 11.3. The van der Waals surface area contributed by atoms with Gasteiger partial charge in [0.25, 0.3) is 11.1 Å². The van der Waals surface area contributed by atoms with Crippen molar-refractivity contribution in [3.05, 3.63) is 251 Å². The van der Waals surface area contributed by atoms with E-state index in [-0.39, 0.29) is 41.2 Å². The van der Waals surface area contributed by atoms with E-state index in [1.807, 2.05) is 72.8 Å². The number of benzene rings is 6. The van der Waals surface area contributed by atoms with Crippen molar-refractivity contribution >= 4 is 33.9 Å². The van der Waals surface area contributed by atoms with Gasteiger partial charge in [0.2, 0.25) is 0 Å². The minimum Gasteiger partial charge on any atom is -0.497 e. The highest BCUT2D eigenvalue weighted by molar-refractivity contribution is 6.30. The van der Waals surface area contributed by atoms with E-state index in [1.54, 1.807) is 70.8 Å². The van der Waals surface area contributed by atoms with Crippen molar-refractivity contribution in [2.45, 2.75) is 26.2 Å². The summed E-state index contributed by atoms with van der Waals surface area (Å²) in [4.78, 5) is 63.0. The predicted octanol–water partition coefficient (Wildman–Crippen LogP) is 7.83. The van der Waals surface area contributed by atoms with E-state index in [0.717, 1.165) is 26.8 Å². The number of methoxy groups -OCH3 is 1. The zero-order valence-corrected chi connectivity index (χ0v) is 36.5. The second-order valence-electron chi connectivity index (χ2n) is 15.5. The number of hydrogen-bond acceptors (Lipinski definition) is 7. The van der Waals surface area contributed by atoms with Gasteiger partial charge < -0.3 is 13.9 Å². The molecule has 4 aromatic heterocycles. The molecule has 67 heavy (non-hydrogen) atoms. The number of rotatable bonds is 11. The largest absolute Gasteiger partial charge is 0.497 e. The van der Waals surface area contributed by atoms with Gasteiger partial charge in [-0.05, 0) is 76.9 Å². The molecule has 334 valence electrons. The number of halogens is 3. The van der Waals surface area contributed by atoms with Crippen LogP contribution in [0.4, 0.5) is 8.78 Å². The van der Waals surface area contributed by atoms with E-state index in [0.29, 0.717) is 35.2 Å². The van der Waals surface area contributed by atoms with E-state index >= 15 is 0 Å². The zero-order valence-electron chi connectivity index (χ0n) is 35.7. The van der Waals surface area contributed by atoms with Crippen LogP contribution >= 0.6 is 11.6 Å². The van der Waals surface area contributed by atoms with Crippen LogP contribution in [0, 0.1) is 11.6 Å². The first-order chi connectivity index (χ1) is 32.6. The molecule has 13 nitrogen and oxygen atoms in total. The number of nitrogens with zero attached hydrogens (tertiary/aromatic N) is 8. The van der Waals surface area contributed by atoms with Crippen LogP contribution in [0.25, 0.3) is 33.7 Å². The quantitative estimate of drug-likeness (QED) is 0.129. The minimum atomic E-state index is -0.588. The van der Waals surface area contributed by atoms with Crippen molar-refractivity contribution < 1.29 is 13.5 Å². The molecule has 0 radical (unpaired) electrons. The second-order valence-corrected chi connectivity index (χ2v) is 16.0. The first-order valence-electron chi connectivity index (χ1n) is 20.9. The van der Waals surface area contributed by atoms with Crippen LogP contribution in [0.3, 0.4) is 0 Å². The highest BCUT2D eigenvalue weighted by Crippen LogP contribution is 2.21. The van der Waals surface area contributed by atoms with Crippen molar-refractivity contribution in [3.8, 4) is 17.1 Å². The Morgan fingerprint density at radius 3 is 1.49 bits per heavy atom. The lowest BCUT2D eigenvalue weighted by atomic mass is 10.2. The summed E-state index contributed by atoms with van der Waals surface area (Å²) in [7, 11) is 1.55. The van der Waals surface area contributed by atoms with Crippen molar-refractivity contribution in [1.82, 2.24) is 37.4 Å². The van der Waals surface area contributed by atoms with Crippen LogP contribution in [-0.4, -0.2) is 44.5 Å². The predicted molar refractivity (Wildman–Crippen MR) is 253 cm³/mol. The molecule has 0 aliphatic heterocycles. The Morgan fingerprint density at radius 2 is 0.970 bits per heavy atom. The van der Waals surface area contributed by atoms with Gasteiger partial charge in [0.1, 0.15) is 17.4 Å². The average molecular weight is 917 g/mol. The van der Waals surface area contributed by atoms with Gasteiger partial charge in [-0.3, -0.25) is 18.7 Å². The maximum Gasteiger partial charge on any atom is 0.337 e. The summed E-state index contributed by atoms with van der Waals surface area (Å²) < 4.78 is 41.1. The summed E-state index contributed by atoms with van der Waals surface area (Å²) in [6.45, 7) is 0.818. The second kappa shape index (κ2) is 19.0. The van der Waals surface area contributed by atoms with Crippen LogP contribution < -0.4 is 27.2 Å². The van der Waals surface area contributed by atoms with Crippen LogP contribution in [0.2, 0.25) is 5.02 Å². The molecule has 0 bridgehead atoms. The third kappa shape index (κ3) is 9.13. The number of hydrogen-bond donors (Lipinski definition) is 0. The van der Waals surface area contributed by atoms with Crippen molar-refractivity contribution in [1.29, 1.82) is 0 Å². The Kier molecular flexibility index (Phi) is 12.4. The molecule has 0 N–H and O–H groups in total. The summed E-state index contributed by atoms with van der Waals surface area (Å²) in [5.74, 6) is -0.257. The molecule has 0 aliphatic rings. The van der Waals surface area contributed by atoms with Gasteiger partial charge in [-0.25, -0.2) is 37.5 Å². The Hall–Kier alpha value is -8.43. The topological polar surface area (TPSA) is 133 Å². The molecule has 6 aromatic carbocycles. The summed E-state index contributed by atoms with van der Waals surface area (Å²) in [6.07, 6.45) is 3.04. The van der Waals surface area contributed by atoms with Gasteiger partial charge in [-0.15, -0.1) is 0 Å². The highest BCUT2D eigenvalue weighted by Gasteiger charge is 2.22. The van der Waals surface area contributed by atoms with Crippen LogP contribution in [0.1, 0.15) is 22.3 Å². The lowest BCUT2D eigenvalue weighted by Gasteiger charge is -2.13. The summed E-state index contributed by atoms with van der Waals surface area (Å²) >= 11 is 6.12. The fourth-order valence-electron chi connectivity index (χ4n) is 7.86. The Labute approximate surface area is 384 Å². The van der Waals surface area contributed by atoms with Gasteiger partial charge in [-0.2, -0.15) is 0 Å². The van der Waals surface area contributed by atoms with Crippen LogP contribution in [-0.2, 0) is 26.2 Å². The molecule has 16 heteroatoms. The molecular weight excluding hydrogens is 878 g/mol. The first kappa shape index (κ1) is 43.8. The molecule has 4 heterocycles. The van der Waals surface area contributed by atoms with Gasteiger partial charge >= 0.3 is 11.4 Å². The van der Waals surface area contributed by atoms with E-state index in [4.69, 9.17) is 16.3 Å². The van der Waals surface area contributed by atoms with Crippen molar-refractivity contribution in [2.75, 3.05) is 7.11 Å². The molecule has 0 saturated heterocycles. The van der Waals surface area contributed by atoms with Gasteiger partial charge in [0, 0.05) is 24.2 Å². The molecule has 0 aliphatic carbocycles. The molecule has 0 saturated carbocycles. The Morgan fingerprint density at radius 1 is 0.493 bits per heavy atom. The SMILES string of the molecule is COc1cccc(-n2c(=O)n(Cc3ccccc3)c(=O)c3c2ncn3Cc2ccc(F)cc2)c1.O=c1c2c(ncn2Cc2cccc(Cl)c2)n(-c2cccc(F)c2)c(=O)n1Cc1ccccc1. The number of aromatic nitrogens is 8. The lowest BCUT2D eigenvalue weighted by molar-refractivity contribution is 0.414. The normalized spacial score (nSPS) is 11.2. The molecule has 0 fully saturated rings. The standard InChI is InChI=1S/C26H21FN4O3.C25H18ClFN4O2/c1-34-22-9-5-8-21(14-22)31-24-23(29(17-28-24)15-19-10-12-20(27)13-11-19)25(32)30(26(31)33)16-18-6-3-2-4-7-18;26-19-9-4-8-18(12-19)14-29-16-28-23-22(29)24(32)30(15-17-6-2-1-3-7-17)25(33)31(23)21-11-5-10-20(27)13-21/h2-14,17H,15-16H2,1H3;1-13,16H,14-15H2. The summed E-state index contributed by atoms with van der Waals surface area (Å²) in [5, 5.41) is 0.579. The van der Waals surface area contributed by atoms with E-state index < -0.39 is 28.3 Å². The van der Waals surface area contributed by atoms with Crippen LogP contribution in [0.15, 0.2) is 190 Å².